The first-order valence-corrected chi connectivity index (χ1v) is 14.0. The fourth-order valence-corrected chi connectivity index (χ4v) is 7.25. The highest BCUT2D eigenvalue weighted by Crippen LogP contribution is 2.47. The van der Waals surface area contributed by atoms with Crippen LogP contribution in [0.25, 0.3) is 0 Å². The van der Waals surface area contributed by atoms with Crippen LogP contribution in [0.4, 0.5) is 10.5 Å². The second kappa shape index (κ2) is 10.7. The number of sulfone groups is 1. The Bertz CT molecular complexity index is 1560. The van der Waals surface area contributed by atoms with Gasteiger partial charge in [-0.05, 0) is 30.2 Å². The third kappa shape index (κ3) is 4.99. The van der Waals surface area contributed by atoms with Crippen molar-refractivity contribution in [3.05, 3.63) is 106 Å². The average Bonchev–Trinajstić information content (AvgIpc) is 3.10. The van der Waals surface area contributed by atoms with E-state index in [1.165, 1.54) is 19.1 Å². The molecule has 13 heteroatoms. The van der Waals surface area contributed by atoms with Crippen molar-refractivity contribution in [2.24, 2.45) is 0 Å². The van der Waals surface area contributed by atoms with Crippen molar-refractivity contribution in [3.63, 3.8) is 0 Å². The molecule has 1 unspecified atom stereocenters. The van der Waals surface area contributed by atoms with Gasteiger partial charge in [0, 0.05) is 12.1 Å². The smallest absolute Gasteiger partial charge is 0.451 e. The van der Waals surface area contributed by atoms with Gasteiger partial charge in [0.2, 0.25) is 5.91 Å². The zero-order valence-electron chi connectivity index (χ0n) is 21.6. The molecular formula is C28H24N2O10S. The first kappa shape index (κ1) is 27.8. The minimum Gasteiger partial charge on any atom is -0.451 e. The summed E-state index contributed by atoms with van der Waals surface area (Å²) in [5, 5.41) is 9.56. The Morgan fingerprint density at radius 3 is 2.07 bits per heavy atom. The molecule has 1 amide bonds. The molecular weight excluding hydrogens is 556 g/mol. The Labute approximate surface area is 234 Å². The molecule has 2 heterocycles. The maximum atomic E-state index is 13.8. The number of β-lactam (4-membered cyclic amide) rings is 1. The van der Waals surface area contributed by atoms with E-state index in [0.717, 1.165) is 17.0 Å². The lowest BCUT2D eigenvalue weighted by Gasteiger charge is -2.37. The lowest BCUT2D eigenvalue weighted by molar-refractivity contribution is -0.384. The Hall–Kier alpha value is -4.78. The number of carbonyl (C=O) groups excluding carboxylic acids is 3. The molecule has 0 aliphatic carbocycles. The fraction of sp³-hybridized carbons (Fsp3) is 0.250. The highest BCUT2D eigenvalue weighted by Gasteiger charge is 2.71. The van der Waals surface area contributed by atoms with Crippen molar-refractivity contribution < 1.29 is 41.9 Å². The highest BCUT2D eigenvalue weighted by atomic mass is 32.2. The van der Waals surface area contributed by atoms with Gasteiger partial charge in [0.15, 0.2) is 22.0 Å². The summed E-state index contributed by atoms with van der Waals surface area (Å²) in [7, 11) is -4.21. The minimum atomic E-state index is -4.21. The maximum Gasteiger partial charge on any atom is 0.513 e. The van der Waals surface area contributed by atoms with Crippen LogP contribution >= 0.6 is 0 Å². The molecule has 5 rings (SSSR count). The predicted octanol–water partition coefficient (Wildman–Crippen LogP) is 3.56. The third-order valence-electron chi connectivity index (χ3n) is 7.20. The fourth-order valence-electron chi connectivity index (χ4n) is 4.98. The number of fused-ring (bicyclic) bond motifs is 1. The molecule has 212 valence electrons. The summed E-state index contributed by atoms with van der Waals surface area (Å²) in [4.78, 5) is 49.9. The molecule has 3 atom stereocenters. The molecule has 0 spiro atoms. The van der Waals surface area contributed by atoms with E-state index in [4.69, 9.17) is 14.2 Å². The first-order valence-electron chi connectivity index (χ1n) is 12.5. The topological polar surface area (TPSA) is 159 Å². The number of benzene rings is 3. The van der Waals surface area contributed by atoms with Crippen LogP contribution in [0.3, 0.4) is 0 Å². The molecule has 3 aromatic carbocycles. The summed E-state index contributed by atoms with van der Waals surface area (Å²) >= 11 is 0. The molecule has 2 aliphatic heterocycles. The van der Waals surface area contributed by atoms with Crippen LogP contribution in [0.1, 0.15) is 30.6 Å². The lowest BCUT2D eigenvalue weighted by Crippen LogP contribution is -2.58. The standard InChI is InChI=1S/C28H24N2O10S/c1-28(17-38-27(33)39-21-14-12-20(13-15-21)30(34)35)25(29-22(31)16-23(29)41(28,36)37)26(32)40-24(18-8-4-2-5-9-18)19-10-6-3-7-11-19/h2-15,23-25H,16-17H2,1H3/t23?,25-,28-/m0/s1. The maximum absolute atomic E-state index is 13.8. The number of nitro groups is 1. The molecule has 2 fully saturated rings. The van der Waals surface area contributed by atoms with Gasteiger partial charge < -0.3 is 19.1 Å². The Morgan fingerprint density at radius 2 is 1.56 bits per heavy atom. The van der Waals surface area contributed by atoms with Crippen LogP contribution < -0.4 is 4.74 Å². The van der Waals surface area contributed by atoms with Crippen molar-refractivity contribution >= 4 is 33.6 Å². The molecule has 0 aromatic heterocycles. The zero-order valence-corrected chi connectivity index (χ0v) is 22.4. The molecule has 41 heavy (non-hydrogen) atoms. The monoisotopic (exact) mass is 580 g/mol. The summed E-state index contributed by atoms with van der Waals surface area (Å²) in [6.45, 7) is 0.404. The summed E-state index contributed by atoms with van der Waals surface area (Å²) in [5.41, 5.74) is 1.03. The second-order valence-corrected chi connectivity index (χ2v) is 12.3. The van der Waals surface area contributed by atoms with Gasteiger partial charge in [-0.1, -0.05) is 60.7 Å². The number of ether oxygens (including phenoxy) is 3. The SMILES string of the molecule is C[C@]1(COC(=O)Oc2ccc([N+](=O)[O-])cc2)[C@H](C(=O)OC(c2ccccc2)c2ccccc2)N2C(=O)CC2S1(=O)=O. The van der Waals surface area contributed by atoms with Crippen LogP contribution in [0.2, 0.25) is 0 Å². The number of rotatable bonds is 8. The number of nitro benzene ring substituents is 1. The largest absolute Gasteiger partial charge is 0.513 e. The van der Waals surface area contributed by atoms with Crippen LogP contribution in [-0.4, -0.2) is 59.0 Å². The molecule has 0 saturated carbocycles. The molecule has 0 radical (unpaired) electrons. The van der Waals surface area contributed by atoms with Gasteiger partial charge in [0.1, 0.15) is 22.5 Å². The van der Waals surface area contributed by atoms with Gasteiger partial charge >= 0.3 is 12.1 Å². The number of nitrogens with zero attached hydrogens (tertiary/aromatic N) is 2. The third-order valence-corrected chi connectivity index (χ3v) is 9.95. The molecule has 0 N–H and O–H groups in total. The number of carbonyl (C=O) groups is 3. The normalized spacial score (nSPS) is 22.4. The molecule has 3 aromatic rings. The lowest BCUT2D eigenvalue weighted by atomic mass is 9.96. The van der Waals surface area contributed by atoms with E-state index >= 15 is 0 Å². The van der Waals surface area contributed by atoms with E-state index in [2.05, 4.69) is 0 Å². The van der Waals surface area contributed by atoms with Gasteiger partial charge in [-0.3, -0.25) is 14.9 Å². The Balaban J connectivity index is 1.39. The number of non-ortho nitro benzene ring substituents is 1. The van der Waals surface area contributed by atoms with E-state index in [9.17, 15) is 32.9 Å². The van der Waals surface area contributed by atoms with E-state index in [-0.39, 0.29) is 17.9 Å². The van der Waals surface area contributed by atoms with Crippen LogP contribution in [0, 0.1) is 10.1 Å². The first-order chi connectivity index (χ1) is 19.5. The molecule has 2 aliphatic rings. The number of amides is 1. The molecule has 12 nitrogen and oxygen atoms in total. The zero-order chi connectivity index (χ0) is 29.4. The van der Waals surface area contributed by atoms with Gasteiger partial charge in [0.25, 0.3) is 5.69 Å². The number of hydrogen-bond donors (Lipinski definition) is 0. The van der Waals surface area contributed by atoms with E-state index in [0.29, 0.717) is 11.1 Å². The van der Waals surface area contributed by atoms with Gasteiger partial charge in [0.05, 0.1) is 11.3 Å². The predicted molar refractivity (Wildman–Crippen MR) is 142 cm³/mol. The second-order valence-electron chi connectivity index (χ2n) is 9.75. The van der Waals surface area contributed by atoms with Crippen molar-refractivity contribution in [1.29, 1.82) is 0 Å². The summed E-state index contributed by atoms with van der Waals surface area (Å²) in [6.07, 6.45) is -2.51. The number of esters is 1. The van der Waals surface area contributed by atoms with Crippen LogP contribution in [-0.2, 0) is 28.9 Å². The minimum absolute atomic E-state index is 0.0800. The van der Waals surface area contributed by atoms with Crippen molar-refractivity contribution in [1.82, 2.24) is 4.90 Å². The highest BCUT2D eigenvalue weighted by molar-refractivity contribution is 7.94. The van der Waals surface area contributed by atoms with Crippen LogP contribution in [0.15, 0.2) is 84.9 Å². The summed E-state index contributed by atoms with van der Waals surface area (Å²) in [5.74, 6) is -1.60. The number of hydrogen-bond acceptors (Lipinski definition) is 10. The van der Waals surface area contributed by atoms with Crippen molar-refractivity contribution in [2.75, 3.05) is 6.61 Å². The van der Waals surface area contributed by atoms with E-state index < -0.39 is 61.7 Å². The quantitative estimate of drug-likeness (QED) is 0.127. The Kier molecular flexibility index (Phi) is 7.22. The van der Waals surface area contributed by atoms with E-state index in [1.54, 1.807) is 60.7 Å². The van der Waals surface area contributed by atoms with Gasteiger partial charge in [-0.25, -0.2) is 18.0 Å². The van der Waals surface area contributed by atoms with E-state index in [1.807, 2.05) is 0 Å². The van der Waals surface area contributed by atoms with Gasteiger partial charge in [-0.2, -0.15) is 0 Å². The summed E-state index contributed by atoms with van der Waals surface area (Å²) in [6, 6.07) is 20.7. The molecule has 2 saturated heterocycles. The van der Waals surface area contributed by atoms with Gasteiger partial charge in [-0.15, -0.1) is 0 Å². The van der Waals surface area contributed by atoms with Crippen molar-refractivity contribution in [3.8, 4) is 5.75 Å². The average molecular weight is 581 g/mol. The summed E-state index contributed by atoms with van der Waals surface area (Å²) < 4.78 is 41.1. The van der Waals surface area contributed by atoms with Crippen LogP contribution in [0.5, 0.6) is 5.75 Å². The molecule has 0 bridgehead atoms. The Morgan fingerprint density at radius 1 is 1.00 bits per heavy atom. The van der Waals surface area contributed by atoms with Crippen molar-refractivity contribution in [2.45, 2.75) is 35.6 Å².